The topological polar surface area (TPSA) is 70.3 Å². The van der Waals surface area contributed by atoms with Gasteiger partial charge in [0.1, 0.15) is 5.82 Å². The second kappa shape index (κ2) is 6.89. The lowest BCUT2D eigenvalue weighted by Crippen LogP contribution is -2.38. The number of hydrazine groups is 1. The van der Waals surface area contributed by atoms with Crippen LogP contribution in [0.25, 0.3) is 0 Å². The van der Waals surface area contributed by atoms with E-state index in [1.807, 2.05) is 0 Å². The van der Waals surface area contributed by atoms with Crippen molar-refractivity contribution in [2.45, 2.75) is 25.7 Å². The monoisotopic (exact) mass is 354 g/mol. The molecular weight excluding hydrogens is 332 g/mol. The van der Waals surface area contributed by atoms with Gasteiger partial charge >= 0.3 is 0 Å². The van der Waals surface area contributed by atoms with Crippen molar-refractivity contribution < 1.29 is 0 Å². The van der Waals surface area contributed by atoms with Crippen molar-refractivity contribution in [3.8, 4) is 0 Å². The molecule has 7 heteroatoms. The van der Waals surface area contributed by atoms with E-state index < -0.39 is 0 Å². The Kier molecular flexibility index (Phi) is 4.92. The van der Waals surface area contributed by atoms with Gasteiger partial charge in [-0.1, -0.05) is 0 Å². The van der Waals surface area contributed by atoms with Crippen LogP contribution < -0.4 is 16.2 Å². The fourth-order valence-electron chi connectivity index (χ4n) is 3.31. The van der Waals surface area contributed by atoms with E-state index in [0.717, 1.165) is 29.3 Å². The second-order valence-corrected chi connectivity index (χ2v) is 6.80. The third-order valence-corrected chi connectivity index (χ3v) is 5.04. The third kappa shape index (κ3) is 3.64. The minimum absolute atomic E-state index is 0.465. The minimum Gasteiger partial charge on any atom is -0.355 e. The number of nitrogens with one attached hydrogen (secondary N) is 1. The molecule has 1 aromatic heterocycles. The smallest absolute Gasteiger partial charge is 0.239 e. The molecule has 2 aliphatic heterocycles. The molecule has 2 aliphatic rings. The number of nitrogen functional groups attached to an aromatic ring is 1. The van der Waals surface area contributed by atoms with E-state index in [1.165, 1.54) is 45.3 Å². The molecule has 3 heterocycles. The van der Waals surface area contributed by atoms with Gasteiger partial charge in [-0.3, -0.25) is 5.43 Å². The van der Waals surface area contributed by atoms with Crippen molar-refractivity contribution >= 4 is 27.7 Å². The van der Waals surface area contributed by atoms with Crippen LogP contribution in [0.3, 0.4) is 0 Å². The first kappa shape index (κ1) is 15.0. The largest absolute Gasteiger partial charge is 0.355 e. The predicted octanol–water partition coefficient (Wildman–Crippen LogP) is 1.84. The first-order valence-electron chi connectivity index (χ1n) is 7.72. The summed E-state index contributed by atoms with van der Waals surface area (Å²) < 4.78 is 0.930. The van der Waals surface area contributed by atoms with E-state index in [1.54, 1.807) is 6.20 Å². The maximum absolute atomic E-state index is 5.40. The van der Waals surface area contributed by atoms with Crippen LogP contribution in [0.4, 0.5) is 11.8 Å². The molecule has 0 unspecified atom stereocenters. The summed E-state index contributed by atoms with van der Waals surface area (Å²) in [6, 6.07) is 0. The van der Waals surface area contributed by atoms with Crippen molar-refractivity contribution in [3.05, 3.63) is 10.7 Å². The average Bonchev–Trinajstić information content (AvgIpc) is 3.02. The first-order valence-corrected chi connectivity index (χ1v) is 8.52. The van der Waals surface area contributed by atoms with E-state index in [4.69, 9.17) is 5.84 Å². The summed E-state index contributed by atoms with van der Waals surface area (Å²) in [7, 11) is 0. The number of rotatable bonds is 4. The number of hydrogen-bond donors (Lipinski definition) is 2. The quantitative estimate of drug-likeness (QED) is 0.635. The maximum Gasteiger partial charge on any atom is 0.239 e. The Bertz CT molecular complexity index is 469. The van der Waals surface area contributed by atoms with Crippen molar-refractivity contribution in [2.75, 3.05) is 43.0 Å². The lowest BCUT2D eigenvalue weighted by atomic mass is 9.96. The average molecular weight is 355 g/mol. The van der Waals surface area contributed by atoms with Gasteiger partial charge in [-0.15, -0.1) is 0 Å². The van der Waals surface area contributed by atoms with Crippen LogP contribution in [-0.4, -0.2) is 47.6 Å². The van der Waals surface area contributed by atoms with E-state index in [9.17, 15) is 0 Å². The standard InChI is InChI=1S/C14H23BrN6/c15-12-9-17-14(19-16)18-13(12)21-7-3-11(4-8-21)10-20-5-1-2-6-20/h9,11H,1-8,10,16H2,(H,17,18,19). The number of halogens is 1. The fraction of sp³-hybridized carbons (Fsp3) is 0.714. The Morgan fingerprint density at radius 3 is 2.62 bits per heavy atom. The highest BCUT2D eigenvalue weighted by Crippen LogP contribution is 2.29. The van der Waals surface area contributed by atoms with Crippen LogP contribution in [0.1, 0.15) is 25.7 Å². The SMILES string of the molecule is NNc1ncc(Br)c(N2CCC(CN3CCCC3)CC2)n1. The Labute approximate surface area is 134 Å². The molecule has 3 N–H and O–H groups in total. The molecule has 0 amide bonds. The lowest BCUT2D eigenvalue weighted by Gasteiger charge is -2.34. The zero-order chi connectivity index (χ0) is 14.7. The number of hydrogen-bond acceptors (Lipinski definition) is 6. The van der Waals surface area contributed by atoms with Gasteiger partial charge in [-0.05, 0) is 60.6 Å². The molecule has 0 saturated carbocycles. The van der Waals surface area contributed by atoms with Gasteiger partial charge in [-0.2, -0.15) is 4.98 Å². The van der Waals surface area contributed by atoms with Crippen LogP contribution in [0, 0.1) is 5.92 Å². The number of nitrogens with two attached hydrogens (primary N) is 1. The molecule has 116 valence electrons. The molecule has 0 spiro atoms. The predicted molar refractivity (Wildman–Crippen MR) is 88.2 cm³/mol. The molecule has 1 aromatic rings. The van der Waals surface area contributed by atoms with E-state index >= 15 is 0 Å². The van der Waals surface area contributed by atoms with Gasteiger partial charge in [0.05, 0.1) is 4.47 Å². The summed E-state index contributed by atoms with van der Waals surface area (Å²) in [5.74, 6) is 7.63. The number of piperidine rings is 1. The molecule has 2 fully saturated rings. The van der Waals surface area contributed by atoms with Gasteiger partial charge < -0.3 is 9.80 Å². The van der Waals surface area contributed by atoms with Crippen LogP contribution in [0.5, 0.6) is 0 Å². The molecule has 3 rings (SSSR count). The minimum atomic E-state index is 0.465. The molecule has 0 radical (unpaired) electrons. The normalized spacial score (nSPS) is 21.0. The molecule has 0 aromatic carbocycles. The second-order valence-electron chi connectivity index (χ2n) is 5.95. The third-order valence-electron chi connectivity index (χ3n) is 4.48. The van der Waals surface area contributed by atoms with Crippen molar-refractivity contribution in [1.29, 1.82) is 0 Å². The summed E-state index contributed by atoms with van der Waals surface area (Å²) in [5, 5.41) is 0. The van der Waals surface area contributed by atoms with Gasteiger partial charge in [0.15, 0.2) is 0 Å². The highest BCUT2D eigenvalue weighted by atomic mass is 79.9. The first-order chi connectivity index (χ1) is 10.3. The van der Waals surface area contributed by atoms with Gasteiger partial charge in [0, 0.05) is 25.8 Å². The van der Waals surface area contributed by atoms with E-state index in [2.05, 4.69) is 41.1 Å². The lowest BCUT2D eigenvalue weighted by molar-refractivity contribution is 0.249. The highest BCUT2D eigenvalue weighted by molar-refractivity contribution is 9.10. The molecule has 0 bridgehead atoms. The molecule has 2 saturated heterocycles. The number of aromatic nitrogens is 2. The van der Waals surface area contributed by atoms with E-state index in [-0.39, 0.29) is 0 Å². The zero-order valence-electron chi connectivity index (χ0n) is 12.3. The van der Waals surface area contributed by atoms with Crippen LogP contribution in [-0.2, 0) is 0 Å². The highest BCUT2D eigenvalue weighted by Gasteiger charge is 2.24. The molecular formula is C14H23BrN6. The Morgan fingerprint density at radius 2 is 1.95 bits per heavy atom. The summed E-state index contributed by atoms with van der Waals surface area (Å²) in [6.45, 7) is 5.97. The Morgan fingerprint density at radius 1 is 1.24 bits per heavy atom. The molecule has 6 nitrogen and oxygen atoms in total. The van der Waals surface area contributed by atoms with Crippen molar-refractivity contribution in [3.63, 3.8) is 0 Å². The molecule has 21 heavy (non-hydrogen) atoms. The van der Waals surface area contributed by atoms with Gasteiger partial charge in [0.25, 0.3) is 0 Å². The van der Waals surface area contributed by atoms with Crippen molar-refractivity contribution in [2.24, 2.45) is 11.8 Å². The zero-order valence-corrected chi connectivity index (χ0v) is 13.8. The number of anilines is 2. The van der Waals surface area contributed by atoms with Crippen LogP contribution in [0.2, 0.25) is 0 Å². The number of likely N-dealkylation sites (tertiary alicyclic amines) is 1. The maximum atomic E-state index is 5.40. The van der Waals surface area contributed by atoms with Crippen LogP contribution >= 0.6 is 15.9 Å². The Balaban J connectivity index is 1.57. The fourth-order valence-corrected chi connectivity index (χ4v) is 3.75. The van der Waals surface area contributed by atoms with Crippen molar-refractivity contribution in [1.82, 2.24) is 14.9 Å². The summed E-state index contributed by atoms with van der Waals surface area (Å²) >= 11 is 3.54. The molecule has 0 aliphatic carbocycles. The van der Waals surface area contributed by atoms with Gasteiger partial charge in [0.2, 0.25) is 5.95 Å². The van der Waals surface area contributed by atoms with Crippen LogP contribution in [0.15, 0.2) is 10.7 Å². The number of nitrogens with zero attached hydrogens (tertiary/aromatic N) is 4. The summed E-state index contributed by atoms with van der Waals surface area (Å²) in [5.41, 5.74) is 2.51. The Hall–Kier alpha value is -0.920. The summed E-state index contributed by atoms with van der Waals surface area (Å²) in [6.07, 6.45) is 6.98. The summed E-state index contributed by atoms with van der Waals surface area (Å²) in [4.78, 5) is 13.5. The van der Waals surface area contributed by atoms with Gasteiger partial charge in [-0.25, -0.2) is 10.8 Å². The van der Waals surface area contributed by atoms with E-state index in [0.29, 0.717) is 5.95 Å². The molecule has 0 atom stereocenters.